The Labute approximate surface area is 217 Å². The number of urea groups is 1. The number of nitrogens with zero attached hydrogens (tertiary/aromatic N) is 1. The lowest BCUT2D eigenvalue weighted by atomic mass is 9.87. The highest BCUT2D eigenvalue weighted by atomic mass is 19.4. The number of nitrogens with one attached hydrogen (secondary N) is 2. The van der Waals surface area contributed by atoms with Crippen molar-refractivity contribution >= 4 is 29.1 Å². The van der Waals surface area contributed by atoms with Crippen LogP contribution in [0.15, 0.2) is 36.4 Å². The van der Waals surface area contributed by atoms with E-state index < -0.39 is 42.0 Å². The average molecular weight is 537 g/mol. The van der Waals surface area contributed by atoms with Crippen LogP contribution in [0.5, 0.6) is 5.75 Å². The molecule has 1 aliphatic heterocycles. The van der Waals surface area contributed by atoms with E-state index in [0.717, 1.165) is 17.7 Å². The molecule has 3 amide bonds. The van der Waals surface area contributed by atoms with Crippen LogP contribution >= 0.6 is 0 Å². The Morgan fingerprint density at radius 1 is 1.13 bits per heavy atom. The second kappa shape index (κ2) is 12.1. The summed E-state index contributed by atoms with van der Waals surface area (Å²) >= 11 is 0. The Morgan fingerprint density at radius 3 is 2.42 bits per heavy atom. The minimum absolute atomic E-state index is 0.114. The fourth-order valence-electron chi connectivity index (χ4n) is 4.38. The third-order valence-corrected chi connectivity index (χ3v) is 6.49. The lowest BCUT2D eigenvalue weighted by Crippen LogP contribution is -2.47. The van der Waals surface area contributed by atoms with Gasteiger partial charge in [-0.3, -0.25) is 14.5 Å². The Bertz CT molecular complexity index is 1180. The van der Waals surface area contributed by atoms with E-state index in [1.54, 1.807) is 12.1 Å². The molecular weight excluding hydrogens is 505 g/mol. The van der Waals surface area contributed by atoms with Gasteiger partial charge in [-0.15, -0.1) is 0 Å². The molecule has 2 aromatic carbocycles. The fraction of sp³-hybridized carbons (Fsp3) is 0.400. The second-order valence-electron chi connectivity index (χ2n) is 9.11. The number of nitrogens with two attached hydrogens (primary N) is 3. The van der Waals surface area contributed by atoms with Crippen molar-refractivity contribution in [3.8, 4) is 5.75 Å². The Morgan fingerprint density at radius 2 is 1.82 bits per heavy atom. The molecule has 38 heavy (non-hydrogen) atoms. The molecule has 1 aliphatic rings. The van der Waals surface area contributed by atoms with Crippen LogP contribution < -0.4 is 32.6 Å². The van der Waals surface area contributed by atoms with Crippen molar-refractivity contribution in [2.45, 2.75) is 31.6 Å². The van der Waals surface area contributed by atoms with Gasteiger partial charge in [-0.2, -0.15) is 13.2 Å². The molecule has 1 heterocycles. The number of benzene rings is 2. The third-order valence-electron chi connectivity index (χ3n) is 6.49. The molecular formula is C25H31F3N6O4. The number of carbonyl (C=O) groups is 3. The lowest BCUT2D eigenvalue weighted by molar-refractivity contribution is -0.137. The van der Waals surface area contributed by atoms with Crippen LogP contribution in [0.25, 0.3) is 0 Å². The number of hydrogen-bond donors (Lipinski definition) is 5. The number of nitrogen functional groups attached to an aromatic ring is 1. The molecule has 0 spiro atoms. The minimum Gasteiger partial charge on any atom is -0.495 e. The number of primary amides is 1. The number of halogens is 3. The molecule has 0 saturated carbocycles. The van der Waals surface area contributed by atoms with Crippen LogP contribution in [-0.4, -0.2) is 55.4 Å². The maximum atomic E-state index is 13.0. The molecule has 0 aliphatic carbocycles. The number of piperidine rings is 1. The van der Waals surface area contributed by atoms with E-state index in [9.17, 15) is 27.6 Å². The van der Waals surface area contributed by atoms with E-state index in [1.165, 1.54) is 7.11 Å². The van der Waals surface area contributed by atoms with Gasteiger partial charge < -0.3 is 32.6 Å². The summed E-state index contributed by atoms with van der Waals surface area (Å²) < 4.78 is 44.1. The van der Waals surface area contributed by atoms with Gasteiger partial charge in [0, 0.05) is 12.2 Å². The second-order valence-corrected chi connectivity index (χ2v) is 9.11. The Kier molecular flexibility index (Phi) is 9.17. The predicted octanol–water partition coefficient (Wildman–Crippen LogP) is 2.33. The summed E-state index contributed by atoms with van der Waals surface area (Å²) in [5.41, 5.74) is 16.9. The van der Waals surface area contributed by atoms with Gasteiger partial charge in [-0.1, -0.05) is 6.07 Å². The van der Waals surface area contributed by atoms with Crippen molar-refractivity contribution in [3.63, 3.8) is 0 Å². The van der Waals surface area contributed by atoms with Crippen molar-refractivity contribution in [2.24, 2.45) is 17.4 Å². The largest absolute Gasteiger partial charge is 0.495 e. The molecule has 1 fully saturated rings. The number of hydrogen-bond acceptors (Lipinski definition) is 7. The number of methoxy groups -OCH3 is 1. The summed E-state index contributed by atoms with van der Waals surface area (Å²) in [5, 5.41) is 4.87. The van der Waals surface area contributed by atoms with Crippen molar-refractivity contribution in [2.75, 3.05) is 37.8 Å². The molecule has 8 N–H and O–H groups in total. The summed E-state index contributed by atoms with van der Waals surface area (Å²) in [6.07, 6.45) is -3.35. The quantitative estimate of drug-likeness (QED) is 0.307. The number of ketones is 1. The van der Waals surface area contributed by atoms with Crippen molar-refractivity contribution < 1.29 is 32.3 Å². The first-order chi connectivity index (χ1) is 17.9. The van der Waals surface area contributed by atoms with Crippen LogP contribution in [0, 0.1) is 5.92 Å². The highest BCUT2D eigenvalue weighted by Crippen LogP contribution is 2.31. The first kappa shape index (κ1) is 28.7. The lowest BCUT2D eigenvalue weighted by Gasteiger charge is -2.34. The maximum Gasteiger partial charge on any atom is 0.416 e. The van der Waals surface area contributed by atoms with Crippen LogP contribution in [0.3, 0.4) is 0 Å². The van der Waals surface area contributed by atoms with Crippen molar-refractivity contribution in [1.29, 1.82) is 0 Å². The Hall–Kier alpha value is -3.84. The van der Waals surface area contributed by atoms with Gasteiger partial charge in [0.25, 0.3) is 5.91 Å². The predicted molar refractivity (Wildman–Crippen MR) is 135 cm³/mol. The number of Topliss-reactive ketones (excluding diaryl/α,β-unsaturated/α-hetero) is 1. The van der Waals surface area contributed by atoms with Crippen LogP contribution in [0.1, 0.15) is 34.3 Å². The van der Waals surface area contributed by atoms with Gasteiger partial charge in [0.15, 0.2) is 5.78 Å². The number of rotatable bonds is 9. The van der Waals surface area contributed by atoms with E-state index in [-0.39, 0.29) is 17.2 Å². The van der Waals surface area contributed by atoms with Crippen LogP contribution in [0.4, 0.5) is 29.3 Å². The molecule has 2 aromatic rings. The molecule has 3 rings (SSSR count). The molecule has 206 valence electrons. The van der Waals surface area contributed by atoms with Gasteiger partial charge in [-0.25, -0.2) is 4.79 Å². The number of anilines is 2. The fourth-order valence-corrected chi connectivity index (χ4v) is 4.38. The molecule has 1 atom stereocenters. The minimum atomic E-state index is -4.63. The third kappa shape index (κ3) is 7.35. The van der Waals surface area contributed by atoms with Crippen molar-refractivity contribution in [3.05, 3.63) is 53.1 Å². The topological polar surface area (TPSA) is 166 Å². The number of ether oxygens (including phenoxy) is 1. The molecule has 0 radical (unpaired) electrons. The standard InChI is InChI=1S/C25H31F3N6O4/c1-38-21-5-2-14(10-19(21)33-24(31)37)13-34-8-6-15(7-9-34)22(30)20(35)12-32-23(36)17-11-16(25(26,27)28)3-4-18(17)29/h2-5,10-11,15,22H,6-9,12-13,29-30H2,1H3,(H,32,36)(H3,31,33,37). The number of amides is 3. The molecule has 1 saturated heterocycles. The summed E-state index contributed by atoms with van der Waals surface area (Å²) in [4.78, 5) is 38.5. The normalized spacial score (nSPS) is 15.5. The van der Waals surface area contributed by atoms with E-state index in [0.29, 0.717) is 50.0 Å². The molecule has 13 heteroatoms. The van der Waals surface area contributed by atoms with Crippen LogP contribution in [0.2, 0.25) is 0 Å². The summed E-state index contributed by atoms with van der Waals surface area (Å²) in [6.45, 7) is 1.52. The SMILES string of the molecule is COc1ccc(CN2CCC(C(N)C(=O)CNC(=O)c3cc(C(F)(F)F)ccc3N)CC2)cc1NC(N)=O. The zero-order valence-corrected chi connectivity index (χ0v) is 20.8. The maximum absolute atomic E-state index is 13.0. The van der Waals surface area contributed by atoms with E-state index in [2.05, 4.69) is 15.5 Å². The first-order valence-corrected chi connectivity index (χ1v) is 11.9. The van der Waals surface area contributed by atoms with Gasteiger partial charge >= 0.3 is 12.2 Å². The molecule has 10 nitrogen and oxygen atoms in total. The number of alkyl halides is 3. The van der Waals surface area contributed by atoms with E-state index in [4.69, 9.17) is 21.9 Å². The molecule has 1 unspecified atom stereocenters. The smallest absolute Gasteiger partial charge is 0.416 e. The monoisotopic (exact) mass is 536 g/mol. The zero-order chi connectivity index (χ0) is 28.0. The zero-order valence-electron chi connectivity index (χ0n) is 20.8. The molecule has 0 aromatic heterocycles. The number of carbonyl (C=O) groups excluding carboxylic acids is 3. The molecule has 0 bridgehead atoms. The van der Waals surface area contributed by atoms with Gasteiger partial charge in [-0.05, 0) is 67.7 Å². The van der Waals surface area contributed by atoms with Gasteiger partial charge in [0.1, 0.15) is 5.75 Å². The Balaban J connectivity index is 1.51. The first-order valence-electron chi connectivity index (χ1n) is 11.9. The van der Waals surface area contributed by atoms with Crippen LogP contribution in [-0.2, 0) is 17.5 Å². The summed E-state index contributed by atoms with van der Waals surface area (Å²) in [5.74, 6) is -0.927. The van der Waals surface area contributed by atoms with Gasteiger partial charge in [0.05, 0.1) is 36.5 Å². The highest BCUT2D eigenvalue weighted by molar-refractivity contribution is 6.01. The van der Waals surface area contributed by atoms with E-state index in [1.807, 2.05) is 6.07 Å². The number of likely N-dealkylation sites (tertiary alicyclic amines) is 1. The summed E-state index contributed by atoms with van der Waals surface area (Å²) in [6, 6.07) is 6.31. The summed E-state index contributed by atoms with van der Waals surface area (Å²) in [7, 11) is 1.49. The van der Waals surface area contributed by atoms with Crippen molar-refractivity contribution in [1.82, 2.24) is 10.2 Å². The van der Waals surface area contributed by atoms with Gasteiger partial charge in [0.2, 0.25) is 0 Å². The van der Waals surface area contributed by atoms with E-state index >= 15 is 0 Å². The average Bonchev–Trinajstić information content (AvgIpc) is 2.86. The highest BCUT2D eigenvalue weighted by Gasteiger charge is 2.32.